The summed E-state index contributed by atoms with van der Waals surface area (Å²) in [7, 11) is 0. The van der Waals surface area contributed by atoms with Crippen molar-refractivity contribution in [2.45, 2.75) is 26.2 Å². The minimum absolute atomic E-state index is 0.897. The van der Waals surface area contributed by atoms with Gasteiger partial charge in [0.25, 0.3) is 0 Å². The van der Waals surface area contributed by atoms with Crippen LogP contribution in [0.2, 0.25) is 0 Å². The number of pyridine rings is 1. The highest BCUT2D eigenvalue weighted by molar-refractivity contribution is 6.02. The van der Waals surface area contributed by atoms with Crippen molar-refractivity contribution in [3.8, 4) is 11.3 Å². The molecule has 2 aliphatic carbocycles. The first-order valence-electron chi connectivity index (χ1n) is 13.4. The average molecular weight is 490 g/mol. The van der Waals surface area contributed by atoms with E-state index in [-0.39, 0.29) is 0 Å². The largest absolute Gasteiger partial charge is 0.253 e. The van der Waals surface area contributed by atoms with Gasteiger partial charge in [-0.05, 0) is 93.8 Å². The van der Waals surface area contributed by atoms with Crippen LogP contribution in [0.4, 0.5) is 0 Å². The molecule has 0 spiro atoms. The fourth-order valence-corrected chi connectivity index (χ4v) is 5.65. The van der Waals surface area contributed by atoms with Gasteiger partial charge in [0.05, 0.1) is 5.69 Å². The quantitative estimate of drug-likeness (QED) is 0.279. The first kappa shape index (κ1) is 23.9. The van der Waals surface area contributed by atoms with E-state index in [4.69, 9.17) is 4.98 Å². The molecule has 6 rings (SSSR count). The maximum Gasteiger partial charge on any atom is 0.0705 e. The highest BCUT2D eigenvalue weighted by Gasteiger charge is 2.19. The molecule has 0 amide bonds. The van der Waals surface area contributed by atoms with Crippen LogP contribution in [0.1, 0.15) is 41.6 Å². The Morgan fingerprint density at radius 1 is 0.816 bits per heavy atom. The van der Waals surface area contributed by atoms with Gasteiger partial charge >= 0.3 is 0 Å². The lowest BCUT2D eigenvalue weighted by Crippen LogP contribution is -2.29. The predicted molar refractivity (Wildman–Crippen MR) is 162 cm³/mol. The van der Waals surface area contributed by atoms with Gasteiger partial charge in [-0.3, -0.25) is 4.98 Å². The Bertz CT molecular complexity index is 1760. The number of nitrogens with zero attached hydrogens (tertiary/aromatic N) is 1. The van der Waals surface area contributed by atoms with Gasteiger partial charge in [0.1, 0.15) is 0 Å². The van der Waals surface area contributed by atoms with Crippen molar-refractivity contribution in [1.82, 2.24) is 4.98 Å². The molecule has 1 nitrogen and oxygen atoms in total. The Morgan fingerprint density at radius 2 is 1.63 bits per heavy atom. The summed E-state index contributed by atoms with van der Waals surface area (Å²) in [6.07, 6.45) is 14.1. The molecule has 0 radical (unpaired) electrons. The molecule has 0 bridgehead atoms. The topological polar surface area (TPSA) is 12.9 Å². The summed E-state index contributed by atoms with van der Waals surface area (Å²) in [6, 6.07) is 32.5. The fourth-order valence-electron chi connectivity index (χ4n) is 5.65. The summed E-state index contributed by atoms with van der Waals surface area (Å²) in [6.45, 7) is 6.73. The van der Waals surface area contributed by atoms with Crippen LogP contribution in [0.25, 0.3) is 34.1 Å². The molecule has 1 heteroatoms. The number of hydrogen-bond donors (Lipinski definition) is 0. The zero-order valence-corrected chi connectivity index (χ0v) is 21.8. The molecule has 184 valence electrons. The standard InChI is InChI=1S/C37H31N/c1-26-13-10-24-36(38-26)30-18-11-19-31(25-30)37(29-15-4-3-5-16-29)35-22-9-8-20-33(35)27(2)32-23-12-17-28-14-6-7-21-34(28)32/h3-11,13-15,17-22,24-25H,2,12,16,23H2,1H3/b37-29-. The molecule has 0 atom stereocenters. The van der Waals surface area contributed by atoms with Gasteiger partial charge in [-0.1, -0.05) is 110 Å². The Morgan fingerprint density at radius 3 is 2.47 bits per heavy atom. The number of hydrogen-bond acceptors (Lipinski definition) is 1. The van der Waals surface area contributed by atoms with E-state index in [1.807, 2.05) is 13.0 Å². The number of allylic oxidation sites excluding steroid dienone is 6. The third-order valence-corrected chi connectivity index (χ3v) is 7.47. The molecule has 0 saturated heterocycles. The van der Waals surface area contributed by atoms with Crippen molar-refractivity contribution in [3.05, 3.63) is 160 Å². The summed E-state index contributed by atoms with van der Waals surface area (Å²) in [5, 5.41) is 2.62. The smallest absolute Gasteiger partial charge is 0.0705 e. The molecule has 0 saturated carbocycles. The zero-order valence-electron chi connectivity index (χ0n) is 21.8. The Balaban J connectivity index is 1.54. The molecular weight excluding hydrogens is 458 g/mol. The summed E-state index contributed by atoms with van der Waals surface area (Å²) in [4.78, 5) is 4.80. The number of aryl methyl sites for hydroxylation is 1. The first-order chi connectivity index (χ1) is 18.7. The minimum atomic E-state index is 0.897. The molecule has 2 aliphatic rings. The van der Waals surface area contributed by atoms with Crippen LogP contribution >= 0.6 is 0 Å². The van der Waals surface area contributed by atoms with E-state index in [2.05, 4.69) is 122 Å². The zero-order chi connectivity index (χ0) is 25.9. The number of benzene rings is 3. The molecule has 0 aliphatic heterocycles. The molecular formula is C37H31N. The highest BCUT2D eigenvalue weighted by atomic mass is 14.7. The second-order valence-corrected chi connectivity index (χ2v) is 9.97. The number of rotatable bonds is 5. The first-order valence-corrected chi connectivity index (χ1v) is 13.4. The maximum atomic E-state index is 4.80. The number of aromatic nitrogens is 1. The second-order valence-electron chi connectivity index (χ2n) is 9.97. The third kappa shape index (κ3) is 4.64. The van der Waals surface area contributed by atoms with Crippen LogP contribution < -0.4 is 10.4 Å². The van der Waals surface area contributed by atoms with Gasteiger partial charge in [-0.2, -0.15) is 0 Å². The molecule has 0 fully saturated rings. The van der Waals surface area contributed by atoms with Gasteiger partial charge < -0.3 is 0 Å². The van der Waals surface area contributed by atoms with E-state index in [9.17, 15) is 0 Å². The summed E-state index contributed by atoms with van der Waals surface area (Å²) >= 11 is 0. The Labute approximate surface area is 225 Å². The van der Waals surface area contributed by atoms with Crippen LogP contribution in [-0.2, 0) is 0 Å². The second kappa shape index (κ2) is 10.5. The van der Waals surface area contributed by atoms with Gasteiger partial charge in [0.15, 0.2) is 0 Å². The fraction of sp³-hybridized carbons (Fsp3) is 0.108. The lowest BCUT2D eigenvalue weighted by molar-refractivity contribution is 1.09. The van der Waals surface area contributed by atoms with Gasteiger partial charge in [-0.15, -0.1) is 0 Å². The van der Waals surface area contributed by atoms with Crippen LogP contribution in [0.5, 0.6) is 0 Å². The number of fused-ring (bicyclic) bond motifs is 1. The lowest BCUT2D eigenvalue weighted by atomic mass is 9.82. The third-order valence-electron chi connectivity index (χ3n) is 7.47. The van der Waals surface area contributed by atoms with E-state index < -0.39 is 0 Å². The van der Waals surface area contributed by atoms with Crippen molar-refractivity contribution in [2.24, 2.45) is 0 Å². The van der Waals surface area contributed by atoms with Crippen molar-refractivity contribution in [3.63, 3.8) is 0 Å². The van der Waals surface area contributed by atoms with E-state index in [1.54, 1.807) is 0 Å². The molecule has 4 aromatic rings. The van der Waals surface area contributed by atoms with E-state index in [0.717, 1.165) is 41.8 Å². The van der Waals surface area contributed by atoms with Gasteiger partial charge in [-0.25, -0.2) is 0 Å². The lowest BCUT2D eigenvalue weighted by Gasteiger charge is -2.21. The van der Waals surface area contributed by atoms with Crippen molar-refractivity contribution in [1.29, 1.82) is 0 Å². The Kier molecular flexibility index (Phi) is 6.58. The van der Waals surface area contributed by atoms with Crippen LogP contribution in [0.15, 0.2) is 127 Å². The minimum Gasteiger partial charge on any atom is -0.253 e. The summed E-state index contributed by atoms with van der Waals surface area (Å²) in [5.41, 5.74) is 11.8. The highest BCUT2D eigenvalue weighted by Crippen LogP contribution is 2.38. The van der Waals surface area contributed by atoms with Crippen molar-refractivity contribution in [2.75, 3.05) is 0 Å². The molecule has 1 aromatic heterocycles. The summed E-state index contributed by atoms with van der Waals surface area (Å²) < 4.78 is 0. The van der Waals surface area contributed by atoms with Crippen LogP contribution in [0, 0.1) is 6.92 Å². The summed E-state index contributed by atoms with van der Waals surface area (Å²) in [5.74, 6) is 0. The predicted octanol–water partition coefficient (Wildman–Crippen LogP) is 7.81. The molecule has 38 heavy (non-hydrogen) atoms. The van der Waals surface area contributed by atoms with Crippen LogP contribution in [-0.4, -0.2) is 4.98 Å². The molecule has 0 N–H and O–H groups in total. The molecule has 3 aromatic carbocycles. The van der Waals surface area contributed by atoms with Crippen molar-refractivity contribution >= 4 is 22.8 Å². The van der Waals surface area contributed by atoms with Crippen LogP contribution in [0.3, 0.4) is 0 Å². The average Bonchev–Trinajstić information content (AvgIpc) is 2.98. The molecule has 1 heterocycles. The van der Waals surface area contributed by atoms with E-state index in [0.29, 0.717) is 0 Å². The SMILES string of the molecule is C=C(C1=c2ccccc2=CCC1)c1ccccc1/C(=C1/C=CC=CC1)c1cccc(-c2cccc(C)n2)c1. The monoisotopic (exact) mass is 489 g/mol. The van der Waals surface area contributed by atoms with Gasteiger partial charge in [0, 0.05) is 11.3 Å². The van der Waals surface area contributed by atoms with Gasteiger partial charge in [0.2, 0.25) is 0 Å². The molecule has 0 unspecified atom stereocenters. The van der Waals surface area contributed by atoms with E-state index in [1.165, 1.54) is 43.8 Å². The van der Waals surface area contributed by atoms with Crippen molar-refractivity contribution < 1.29 is 0 Å². The Hall–Kier alpha value is -4.49. The maximum absolute atomic E-state index is 4.80. The normalized spacial score (nSPS) is 15.6. The van der Waals surface area contributed by atoms with E-state index >= 15 is 0 Å².